The summed E-state index contributed by atoms with van der Waals surface area (Å²) in [6.07, 6.45) is 0.395. The number of alkyl halides is 3. The molecule has 0 spiro atoms. The van der Waals surface area contributed by atoms with Crippen molar-refractivity contribution in [1.29, 1.82) is 0 Å². The molecule has 1 aromatic rings. The van der Waals surface area contributed by atoms with E-state index in [2.05, 4.69) is 0 Å². The Labute approximate surface area is 115 Å². The molecule has 1 atom stereocenters. The molecule has 1 aliphatic carbocycles. The number of aliphatic carboxylic acids is 1. The van der Waals surface area contributed by atoms with Gasteiger partial charge in [0.25, 0.3) is 0 Å². The quantitative estimate of drug-likeness (QED) is 0.887. The first-order valence-electron chi connectivity index (χ1n) is 6.78. The van der Waals surface area contributed by atoms with Crippen molar-refractivity contribution in [2.24, 2.45) is 5.92 Å². The number of hydrogen-bond acceptors (Lipinski definition) is 1. The fourth-order valence-corrected chi connectivity index (χ4v) is 2.86. The molecule has 20 heavy (non-hydrogen) atoms. The summed E-state index contributed by atoms with van der Waals surface area (Å²) in [6, 6.07) is 4.49. The van der Waals surface area contributed by atoms with Gasteiger partial charge in [0.05, 0.1) is 11.5 Å². The predicted molar refractivity (Wildman–Crippen MR) is 68.4 cm³/mol. The second-order valence-corrected chi connectivity index (χ2v) is 5.40. The van der Waals surface area contributed by atoms with Crippen LogP contribution in [-0.4, -0.2) is 11.1 Å². The van der Waals surface area contributed by atoms with Crippen molar-refractivity contribution < 1.29 is 23.1 Å². The summed E-state index contributed by atoms with van der Waals surface area (Å²) in [4.78, 5) is 11.3. The summed E-state index contributed by atoms with van der Waals surface area (Å²) in [5, 5.41) is 9.29. The molecule has 0 unspecified atom stereocenters. The maximum atomic E-state index is 12.5. The fourth-order valence-electron chi connectivity index (χ4n) is 2.86. The van der Waals surface area contributed by atoms with Crippen molar-refractivity contribution in [3.63, 3.8) is 0 Å². The Kier molecular flexibility index (Phi) is 4.35. The van der Waals surface area contributed by atoms with Crippen LogP contribution >= 0.6 is 0 Å². The van der Waals surface area contributed by atoms with Crippen molar-refractivity contribution in [1.82, 2.24) is 0 Å². The third-order valence-corrected chi connectivity index (χ3v) is 3.98. The maximum absolute atomic E-state index is 12.5. The molecule has 5 heteroatoms. The Balaban J connectivity index is 2.14. The van der Waals surface area contributed by atoms with Gasteiger partial charge in [-0.2, -0.15) is 13.2 Å². The smallest absolute Gasteiger partial charge is 0.416 e. The monoisotopic (exact) mass is 286 g/mol. The maximum Gasteiger partial charge on any atom is 0.416 e. The third-order valence-electron chi connectivity index (χ3n) is 3.98. The van der Waals surface area contributed by atoms with Crippen LogP contribution in [-0.2, 0) is 11.0 Å². The van der Waals surface area contributed by atoms with E-state index in [4.69, 9.17) is 0 Å². The van der Waals surface area contributed by atoms with Gasteiger partial charge in [-0.25, -0.2) is 0 Å². The van der Waals surface area contributed by atoms with Gasteiger partial charge in [-0.1, -0.05) is 37.8 Å². The average molecular weight is 286 g/mol. The van der Waals surface area contributed by atoms with Gasteiger partial charge in [-0.15, -0.1) is 0 Å². The Morgan fingerprint density at radius 1 is 1.20 bits per heavy atom. The van der Waals surface area contributed by atoms with Crippen LogP contribution in [0.2, 0.25) is 0 Å². The lowest BCUT2D eigenvalue weighted by Crippen LogP contribution is -2.15. The van der Waals surface area contributed by atoms with Crippen LogP contribution < -0.4 is 0 Å². The first-order valence-corrected chi connectivity index (χ1v) is 6.78. The van der Waals surface area contributed by atoms with Crippen LogP contribution in [0.4, 0.5) is 13.2 Å². The number of rotatable bonds is 4. The van der Waals surface area contributed by atoms with E-state index in [1.807, 2.05) is 0 Å². The van der Waals surface area contributed by atoms with E-state index in [9.17, 15) is 23.1 Å². The SMILES string of the molecule is O=C(O)[C@@H](CC1CCCC1)c1ccc(C(F)(F)F)cc1. The molecule has 0 saturated heterocycles. The zero-order valence-electron chi connectivity index (χ0n) is 11.0. The van der Waals surface area contributed by atoms with Crippen molar-refractivity contribution >= 4 is 5.97 Å². The molecule has 2 nitrogen and oxygen atoms in total. The molecular formula is C15H17F3O2. The van der Waals surface area contributed by atoms with Gasteiger partial charge in [0, 0.05) is 0 Å². The molecule has 0 amide bonds. The van der Waals surface area contributed by atoms with Gasteiger partial charge in [0.15, 0.2) is 0 Å². The van der Waals surface area contributed by atoms with Crippen molar-refractivity contribution in [3.8, 4) is 0 Å². The van der Waals surface area contributed by atoms with Crippen LogP contribution in [0.3, 0.4) is 0 Å². The van der Waals surface area contributed by atoms with Crippen molar-refractivity contribution in [3.05, 3.63) is 35.4 Å². The first kappa shape index (κ1) is 14.9. The second kappa shape index (κ2) is 5.85. The van der Waals surface area contributed by atoms with Gasteiger partial charge >= 0.3 is 12.1 Å². The lowest BCUT2D eigenvalue weighted by molar-refractivity contribution is -0.139. The number of halogens is 3. The van der Waals surface area contributed by atoms with Crippen LogP contribution in [0.25, 0.3) is 0 Å². The Morgan fingerprint density at radius 2 is 1.75 bits per heavy atom. The van der Waals surface area contributed by atoms with Crippen LogP contribution in [0.15, 0.2) is 24.3 Å². The van der Waals surface area contributed by atoms with Gasteiger partial charge in [0.1, 0.15) is 0 Å². The molecule has 0 aromatic heterocycles. The average Bonchev–Trinajstić information content (AvgIpc) is 2.87. The molecule has 2 rings (SSSR count). The zero-order valence-corrected chi connectivity index (χ0v) is 11.0. The molecule has 1 aliphatic rings. The van der Waals surface area contributed by atoms with Crippen molar-refractivity contribution in [2.45, 2.75) is 44.2 Å². The number of carboxylic acids is 1. The van der Waals surface area contributed by atoms with E-state index in [0.717, 1.165) is 37.8 Å². The number of benzene rings is 1. The summed E-state index contributed by atoms with van der Waals surface area (Å²) in [5.41, 5.74) is -0.288. The molecule has 0 bridgehead atoms. The van der Waals surface area contributed by atoms with Crippen LogP contribution in [0.1, 0.15) is 49.1 Å². The Hall–Kier alpha value is -1.52. The lowest BCUT2D eigenvalue weighted by Gasteiger charge is -2.17. The Morgan fingerprint density at radius 3 is 2.20 bits per heavy atom. The molecule has 1 N–H and O–H groups in total. The fraction of sp³-hybridized carbons (Fsp3) is 0.533. The highest BCUT2D eigenvalue weighted by Crippen LogP contribution is 2.35. The van der Waals surface area contributed by atoms with Gasteiger partial charge in [-0.3, -0.25) is 4.79 Å². The van der Waals surface area contributed by atoms with E-state index in [-0.39, 0.29) is 0 Å². The van der Waals surface area contributed by atoms with E-state index in [1.165, 1.54) is 12.1 Å². The summed E-state index contributed by atoms with van der Waals surface area (Å²) in [6.45, 7) is 0. The number of hydrogen-bond donors (Lipinski definition) is 1. The summed E-state index contributed by atoms with van der Waals surface area (Å²) >= 11 is 0. The number of carbonyl (C=O) groups is 1. The number of carboxylic acid groups (broad SMARTS) is 1. The minimum atomic E-state index is -4.39. The van der Waals surface area contributed by atoms with Crippen molar-refractivity contribution in [2.75, 3.05) is 0 Å². The van der Waals surface area contributed by atoms with E-state index in [0.29, 0.717) is 17.9 Å². The lowest BCUT2D eigenvalue weighted by atomic mass is 9.87. The first-order chi connectivity index (χ1) is 9.38. The summed E-state index contributed by atoms with van der Waals surface area (Å²) in [5.74, 6) is -1.30. The summed E-state index contributed by atoms with van der Waals surface area (Å²) < 4.78 is 37.5. The normalized spacial score (nSPS) is 18.1. The van der Waals surface area contributed by atoms with Gasteiger partial charge in [0.2, 0.25) is 0 Å². The van der Waals surface area contributed by atoms with E-state index < -0.39 is 23.6 Å². The highest BCUT2D eigenvalue weighted by molar-refractivity contribution is 5.76. The minimum Gasteiger partial charge on any atom is -0.481 e. The highest BCUT2D eigenvalue weighted by atomic mass is 19.4. The molecule has 1 aromatic carbocycles. The molecule has 0 radical (unpaired) electrons. The largest absolute Gasteiger partial charge is 0.481 e. The second-order valence-electron chi connectivity index (χ2n) is 5.40. The minimum absolute atomic E-state index is 0.374. The molecule has 0 aliphatic heterocycles. The van der Waals surface area contributed by atoms with Crippen LogP contribution in [0, 0.1) is 5.92 Å². The van der Waals surface area contributed by atoms with Gasteiger partial charge in [-0.05, 0) is 30.0 Å². The molecule has 0 heterocycles. The van der Waals surface area contributed by atoms with E-state index >= 15 is 0 Å². The van der Waals surface area contributed by atoms with E-state index in [1.54, 1.807) is 0 Å². The molecule has 110 valence electrons. The highest BCUT2D eigenvalue weighted by Gasteiger charge is 2.31. The molecular weight excluding hydrogens is 269 g/mol. The molecule has 1 saturated carbocycles. The van der Waals surface area contributed by atoms with Gasteiger partial charge < -0.3 is 5.11 Å². The Bertz CT molecular complexity index is 459. The standard InChI is InChI=1S/C15H17F3O2/c16-15(17,18)12-7-5-11(6-8-12)13(14(19)20)9-10-3-1-2-4-10/h5-8,10,13H,1-4,9H2,(H,19,20)/t13-/m0/s1. The summed E-state index contributed by atoms with van der Waals surface area (Å²) in [7, 11) is 0. The third kappa shape index (κ3) is 3.52. The van der Waals surface area contributed by atoms with Crippen LogP contribution in [0.5, 0.6) is 0 Å². The topological polar surface area (TPSA) is 37.3 Å². The predicted octanol–water partition coefficient (Wildman–Crippen LogP) is 4.45. The zero-order chi connectivity index (χ0) is 14.8. The molecule has 1 fully saturated rings.